The summed E-state index contributed by atoms with van der Waals surface area (Å²) < 4.78 is 0. The van der Waals surface area contributed by atoms with Crippen LogP contribution in [0.25, 0.3) is 0 Å². The molecule has 0 spiro atoms. The second-order valence-corrected chi connectivity index (χ2v) is 5.44. The Hall–Kier alpha value is -0.770. The van der Waals surface area contributed by atoms with Crippen LogP contribution in [0.2, 0.25) is 10.0 Å². The monoisotopic (exact) mass is 302 g/mol. The van der Waals surface area contributed by atoms with Gasteiger partial charge in [-0.2, -0.15) is 0 Å². The van der Waals surface area contributed by atoms with Crippen LogP contribution >= 0.6 is 23.2 Å². The van der Waals surface area contributed by atoms with Gasteiger partial charge in [-0.15, -0.1) is 0 Å². The van der Waals surface area contributed by atoms with E-state index in [1.807, 2.05) is 19.9 Å². The predicted octanol–water partition coefficient (Wildman–Crippen LogP) is 3.55. The number of benzene rings is 1. The van der Waals surface area contributed by atoms with Crippen LogP contribution in [0.3, 0.4) is 0 Å². The molecule has 0 aliphatic carbocycles. The fraction of sp³-hybridized carbons (Fsp3) is 0.500. The van der Waals surface area contributed by atoms with Crippen LogP contribution in [0.1, 0.15) is 38.3 Å². The first-order chi connectivity index (χ1) is 8.99. The summed E-state index contributed by atoms with van der Waals surface area (Å²) in [6.07, 6.45) is 1.74. The quantitative estimate of drug-likeness (QED) is 0.844. The normalized spacial score (nSPS) is 13.9. The summed E-state index contributed by atoms with van der Waals surface area (Å²) in [7, 11) is 0. The lowest BCUT2D eigenvalue weighted by Crippen LogP contribution is -2.36. The van der Waals surface area contributed by atoms with E-state index in [4.69, 9.17) is 28.9 Å². The molecule has 19 heavy (non-hydrogen) atoms. The lowest BCUT2D eigenvalue weighted by atomic mass is 10.0. The summed E-state index contributed by atoms with van der Waals surface area (Å²) in [4.78, 5) is 12.0. The Bertz CT molecular complexity index is 437. The van der Waals surface area contributed by atoms with Crippen molar-refractivity contribution in [2.24, 2.45) is 11.7 Å². The molecule has 1 rings (SSSR count). The maximum absolute atomic E-state index is 12.0. The van der Waals surface area contributed by atoms with E-state index in [1.165, 1.54) is 0 Å². The molecule has 0 heterocycles. The molecule has 1 aromatic rings. The number of hydrogen-bond acceptors (Lipinski definition) is 2. The van der Waals surface area contributed by atoms with Crippen LogP contribution in [-0.2, 0) is 4.79 Å². The van der Waals surface area contributed by atoms with Crippen LogP contribution in [-0.4, -0.2) is 12.5 Å². The lowest BCUT2D eigenvalue weighted by Gasteiger charge is -2.19. The standard InChI is InChI=1S/C14H20Cl2N2O/c1-3-4-11(8-17)14(19)18-9(2)10-5-6-12(15)13(16)7-10/h5-7,9,11H,3-4,8,17H2,1-2H3,(H,18,19). The Morgan fingerprint density at radius 2 is 2.05 bits per heavy atom. The molecule has 3 nitrogen and oxygen atoms in total. The van der Waals surface area contributed by atoms with Gasteiger partial charge in [-0.1, -0.05) is 42.6 Å². The zero-order valence-electron chi connectivity index (χ0n) is 11.2. The molecule has 106 valence electrons. The number of nitrogens with one attached hydrogen (secondary N) is 1. The van der Waals surface area contributed by atoms with E-state index in [0.29, 0.717) is 16.6 Å². The van der Waals surface area contributed by atoms with E-state index in [-0.39, 0.29) is 17.9 Å². The molecule has 2 atom stereocenters. The zero-order chi connectivity index (χ0) is 14.4. The van der Waals surface area contributed by atoms with Gasteiger partial charge in [-0.05, 0) is 31.0 Å². The molecular formula is C14H20Cl2N2O. The molecule has 0 aliphatic rings. The number of rotatable bonds is 6. The van der Waals surface area contributed by atoms with Gasteiger partial charge in [0.05, 0.1) is 22.0 Å². The average Bonchev–Trinajstić information content (AvgIpc) is 2.38. The van der Waals surface area contributed by atoms with Crippen LogP contribution in [0, 0.1) is 5.92 Å². The summed E-state index contributed by atoms with van der Waals surface area (Å²) in [5.41, 5.74) is 6.54. The Kier molecular flexibility index (Phi) is 6.63. The van der Waals surface area contributed by atoms with Crippen molar-refractivity contribution in [1.82, 2.24) is 5.32 Å². The van der Waals surface area contributed by atoms with Gasteiger partial charge in [-0.3, -0.25) is 4.79 Å². The van der Waals surface area contributed by atoms with Crippen molar-refractivity contribution in [3.63, 3.8) is 0 Å². The Balaban J connectivity index is 2.70. The van der Waals surface area contributed by atoms with E-state index in [1.54, 1.807) is 12.1 Å². The van der Waals surface area contributed by atoms with E-state index < -0.39 is 0 Å². The van der Waals surface area contributed by atoms with Gasteiger partial charge in [0.15, 0.2) is 0 Å². The second-order valence-electron chi connectivity index (χ2n) is 4.63. The highest BCUT2D eigenvalue weighted by Crippen LogP contribution is 2.25. The third-order valence-electron chi connectivity index (χ3n) is 3.09. The van der Waals surface area contributed by atoms with E-state index in [0.717, 1.165) is 18.4 Å². The van der Waals surface area contributed by atoms with Crippen molar-refractivity contribution in [3.05, 3.63) is 33.8 Å². The smallest absolute Gasteiger partial charge is 0.224 e. The number of carbonyl (C=O) groups is 1. The average molecular weight is 303 g/mol. The van der Waals surface area contributed by atoms with E-state index >= 15 is 0 Å². The van der Waals surface area contributed by atoms with Crippen LogP contribution in [0.5, 0.6) is 0 Å². The van der Waals surface area contributed by atoms with Gasteiger partial charge in [0.2, 0.25) is 5.91 Å². The van der Waals surface area contributed by atoms with Crippen molar-refractivity contribution >= 4 is 29.1 Å². The van der Waals surface area contributed by atoms with Crippen molar-refractivity contribution in [2.45, 2.75) is 32.7 Å². The van der Waals surface area contributed by atoms with Crippen molar-refractivity contribution in [3.8, 4) is 0 Å². The molecule has 1 aromatic carbocycles. The number of hydrogen-bond donors (Lipinski definition) is 2. The molecule has 0 aliphatic heterocycles. The molecule has 0 saturated carbocycles. The molecule has 0 fully saturated rings. The summed E-state index contributed by atoms with van der Waals surface area (Å²) in [6.45, 7) is 4.32. The van der Waals surface area contributed by atoms with E-state index in [2.05, 4.69) is 5.32 Å². The van der Waals surface area contributed by atoms with Gasteiger partial charge in [-0.25, -0.2) is 0 Å². The highest BCUT2D eigenvalue weighted by Gasteiger charge is 2.18. The molecule has 0 radical (unpaired) electrons. The SMILES string of the molecule is CCCC(CN)C(=O)NC(C)c1ccc(Cl)c(Cl)c1. The summed E-state index contributed by atoms with van der Waals surface area (Å²) in [5.74, 6) is -0.141. The molecule has 5 heteroatoms. The van der Waals surface area contributed by atoms with Crippen LogP contribution in [0.4, 0.5) is 0 Å². The van der Waals surface area contributed by atoms with Crippen LogP contribution in [0.15, 0.2) is 18.2 Å². The van der Waals surface area contributed by atoms with Gasteiger partial charge in [0, 0.05) is 6.54 Å². The Morgan fingerprint density at radius 1 is 1.37 bits per heavy atom. The molecule has 0 saturated heterocycles. The molecule has 0 aromatic heterocycles. The lowest BCUT2D eigenvalue weighted by molar-refractivity contribution is -0.125. The Labute approximate surface area is 124 Å². The summed E-state index contributed by atoms with van der Waals surface area (Å²) in [5, 5.41) is 3.96. The van der Waals surface area contributed by atoms with Gasteiger partial charge < -0.3 is 11.1 Å². The van der Waals surface area contributed by atoms with E-state index in [9.17, 15) is 4.79 Å². The number of amides is 1. The largest absolute Gasteiger partial charge is 0.349 e. The summed E-state index contributed by atoms with van der Waals surface area (Å²) in [6, 6.07) is 5.24. The first kappa shape index (κ1) is 16.3. The third-order valence-corrected chi connectivity index (χ3v) is 3.83. The minimum atomic E-state index is -0.129. The third kappa shape index (κ3) is 4.68. The predicted molar refractivity (Wildman–Crippen MR) is 80.5 cm³/mol. The second kappa shape index (κ2) is 7.73. The fourth-order valence-electron chi connectivity index (χ4n) is 1.90. The van der Waals surface area contributed by atoms with Crippen molar-refractivity contribution < 1.29 is 4.79 Å². The number of carbonyl (C=O) groups excluding carboxylic acids is 1. The molecular weight excluding hydrogens is 283 g/mol. The van der Waals surface area contributed by atoms with Gasteiger partial charge in [0.25, 0.3) is 0 Å². The molecule has 1 amide bonds. The topological polar surface area (TPSA) is 55.1 Å². The Morgan fingerprint density at radius 3 is 2.58 bits per heavy atom. The highest BCUT2D eigenvalue weighted by molar-refractivity contribution is 6.42. The maximum atomic E-state index is 12.0. The minimum Gasteiger partial charge on any atom is -0.349 e. The first-order valence-corrected chi connectivity index (χ1v) is 7.20. The zero-order valence-corrected chi connectivity index (χ0v) is 12.8. The minimum absolute atomic E-state index is 0.0112. The molecule has 3 N–H and O–H groups in total. The fourth-order valence-corrected chi connectivity index (χ4v) is 2.21. The van der Waals surface area contributed by atoms with Crippen LogP contribution < -0.4 is 11.1 Å². The number of nitrogens with two attached hydrogens (primary N) is 1. The molecule has 2 unspecified atom stereocenters. The maximum Gasteiger partial charge on any atom is 0.224 e. The van der Waals surface area contributed by atoms with Gasteiger partial charge >= 0.3 is 0 Å². The first-order valence-electron chi connectivity index (χ1n) is 6.45. The highest BCUT2D eigenvalue weighted by atomic mass is 35.5. The summed E-state index contributed by atoms with van der Waals surface area (Å²) >= 11 is 11.8. The number of halogens is 2. The van der Waals surface area contributed by atoms with Crippen molar-refractivity contribution in [2.75, 3.05) is 6.54 Å². The van der Waals surface area contributed by atoms with Gasteiger partial charge in [0.1, 0.15) is 0 Å². The molecule has 0 bridgehead atoms. The van der Waals surface area contributed by atoms with Crippen molar-refractivity contribution in [1.29, 1.82) is 0 Å².